The molecule has 0 bridgehead atoms. The summed E-state index contributed by atoms with van der Waals surface area (Å²) in [5.41, 5.74) is 5.75. The van der Waals surface area contributed by atoms with Gasteiger partial charge in [-0.15, -0.1) is 0 Å². The van der Waals surface area contributed by atoms with E-state index in [4.69, 9.17) is 10.5 Å². The van der Waals surface area contributed by atoms with Gasteiger partial charge in [0, 0.05) is 0 Å². The van der Waals surface area contributed by atoms with Gasteiger partial charge in [-0.1, -0.05) is 0 Å². The van der Waals surface area contributed by atoms with Gasteiger partial charge in [0.25, 0.3) is 0 Å². The van der Waals surface area contributed by atoms with Gasteiger partial charge in [-0.2, -0.15) is 0 Å². The van der Waals surface area contributed by atoms with Crippen LogP contribution >= 0.6 is 0 Å². The molecule has 0 atom stereocenters. The van der Waals surface area contributed by atoms with E-state index >= 15 is 0 Å². The zero-order valence-electron chi connectivity index (χ0n) is 2.96. The molecule has 0 aromatic rings. The molecule has 0 N–H and O–H groups in total. The van der Waals surface area contributed by atoms with Crippen molar-refractivity contribution >= 4 is 0 Å². The van der Waals surface area contributed by atoms with E-state index < -0.39 is 0 Å². The maximum absolute atomic E-state index is 7.25. The molecule has 0 aromatic heterocycles. The first-order valence-electron chi connectivity index (χ1n) is 0.183. The smallest absolute Gasteiger partial charge is 1.00 e. The molecule has 0 aromatic carbocycles. The number of nitrogens with zero attached hydrogens (tertiary/aromatic N) is 1. The van der Waals surface area contributed by atoms with Crippen LogP contribution < -0.4 is 54.4 Å². The summed E-state index contributed by atoms with van der Waals surface area (Å²) in [4.78, 5) is 7.25. The normalized spacial score (nSPS) is 0.667. The predicted octanol–water partition coefficient (Wildman–Crippen LogP) is -8.67. The van der Waals surface area contributed by atoms with Gasteiger partial charge in [-0.05, 0) is 0 Å². The van der Waals surface area contributed by atoms with Gasteiger partial charge in [-0.3, -0.25) is 0 Å². The van der Waals surface area contributed by atoms with Gasteiger partial charge in [0.15, 0.2) is 0 Å². The van der Waals surface area contributed by atoms with E-state index in [-0.39, 0.29) is 71.4 Å². The molecule has 0 saturated heterocycles. The SMILES string of the molecule is [Cl-].[Cl-].[Fe+2].[N-]=O.[Na+]. The number of halogens is 2. The molecule has 0 rings (SSSR count). The number of hydrogen-bond acceptors (Lipinski definition) is 1. The van der Waals surface area contributed by atoms with Crippen molar-refractivity contribution in [1.29, 1.82) is 0 Å². The van der Waals surface area contributed by atoms with Crippen LogP contribution in [0, 0.1) is 4.91 Å². The summed E-state index contributed by atoms with van der Waals surface area (Å²) in [5.74, 6) is 0. The van der Waals surface area contributed by atoms with Crippen LogP contribution in [0.25, 0.3) is 5.59 Å². The fourth-order valence-electron chi connectivity index (χ4n) is 0. The average molecular weight is 180 g/mol. The molecule has 0 amide bonds. The van der Waals surface area contributed by atoms with E-state index in [1.54, 1.807) is 0 Å². The standard InChI is InChI=1S/2ClH.Fe.NO.Na/c;;;1-2;/h2*1H;;;/q;;+2;-1;+1/p-2. The number of nitroso groups, excluding NO2 is 1. The van der Waals surface area contributed by atoms with Gasteiger partial charge >= 0.3 is 46.6 Å². The minimum absolute atomic E-state index is 0. The quantitative estimate of drug-likeness (QED) is 0.341. The second-order valence-corrected chi connectivity index (χ2v) is 0. The molecule has 0 aliphatic rings. The summed E-state index contributed by atoms with van der Waals surface area (Å²) in [5, 5.41) is 0. The summed E-state index contributed by atoms with van der Waals surface area (Å²) in [6.07, 6.45) is 0. The minimum Gasteiger partial charge on any atom is -1.00 e. The topological polar surface area (TPSA) is 39.4 Å². The second-order valence-electron chi connectivity index (χ2n) is 0. The van der Waals surface area contributed by atoms with Crippen LogP contribution in [0.3, 0.4) is 0 Å². The van der Waals surface area contributed by atoms with Crippen molar-refractivity contribution in [3.05, 3.63) is 10.5 Å². The van der Waals surface area contributed by atoms with Crippen molar-refractivity contribution in [1.82, 2.24) is 0 Å². The minimum atomic E-state index is 0. The molecule has 0 heterocycles. The summed E-state index contributed by atoms with van der Waals surface area (Å²) < 4.78 is 0. The van der Waals surface area contributed by atoms with Crippen LogP contribution in [0.4, 0.5) is 0 Å². The van der Waals surface area contributed by atoms with Crippen LogP contribution in [0.15, 0.2) is 0 Å². The third-order valence-corrected chi connectivity index (χ3v) is 0. The largest absolute Gasteiger partial charge is 2.00 e. The molecule has 0 saturated carbocycles. The molecule has 0 aliphatic heterocycles. The molecule has 6 heteroatoms. The first-order chi connectivity index (χ1) is 1.00. The van der Waals surface area contributed by atoms with Gasteiger partial charge in [0.2, 0.25) is 0 Å². The van der Waals surface area contributed by atoms with Crippen LogP contribution in [0.1, 0.15) is 0 Å². The van der Waals surface area contributed by atoms with Crippen molar-refractivity contribution in [3.63, 3.8) is 0 Å². The van der Waals surface area contributed by atoms with Gasteiger partial charge < -0.3 is 35.3 Å². The van der Waals surface area contributed by atoms with Crippen LogP contribution in [-0.4, -0.2) is 0 Å². The Morgan fingerprint density at radius 3 is 1.00 bits per heavy atom. The fourth-order valence-corrected chi connectivity index (χ4v) is 0. The van der Waals surface area contributed by atoms with Crippen molar-refractivity contribution in [3.8, 4) is 0 Å². The molecule has 6 heavy (non-hydrogen) atoms. The summed E-state index contributed by atoms with van der Waals surface area (Å²) >= 11 is 0. The Bertz CT molecular complexity index is 13.5. The number of rotatable bonds is 0. The van der Waals surface area contributed by atoms with Crippen molar-refractivity contribution in [2.75, 3.05) is 0 Å². The fraction of sp³-hybridized carbons (Fsp3) is 0. The first kappa shape index (κ1) is 47.4. The predicted molar refractivity (Wildman–Crippen MR) is 6.73 cm³/mol. The van der Waals surface area contributed by atoms with Gasteiger partial charge in [0.1, 0.15) is 0 Å². The van der Waals surface area contributed by atoms with Gasteiger partial charge in [0.05, 0.1) is 0 Å². The van der Waals surface area contributed by atoms with E-state index in [1.165, 1.54) is 0 Å². The zero-order valence-corrected chi connectivity index (χ0v) is 7.58. The molecule has 2 nitrogen and oxygen atoms in total. The third-order valence-electron chi connectivity index (χ3n) is 0. The molecule has 0 unspecified atom stereocenters. The van der Waals surface area contributed by atoms with E-state index in [0.717, 1.165) is 0 Å². The molecule has 0 spiro atoms. The number of hydrogen-bond donors (Lipinski definition) is 0. The van der Waals surface area contributed by atoms with Crippen molar-refractivity contribution < 1.29 is 71.4 Å². The maximum Gasteiger partial charge on any atom is 2.00 e. The van der Waals surface area contributed by atoms with E-state index in [9.17, 15) is 0 Å². The molecular formula is Cl2FeNNaO. The summed E-state index contributed by atoms with van der Waals surface area (Å²) in [7, 11) is 0. The first-order valence-corrected chi connectivity index (χ1v) is 0.183. The van der Waals surface area contributed by atoms with E-state index in [2.05, 4.69) is 0 Å². The van der Waals surface area contributed by atoms with Crippen LogP contribution in [-0.2, 0) is 17.1 Å². The molecule has 0 radical (unpaired) electrons. The second kappa shape index (κ2) is 75.3. The third kappa shape index (κ3) is 43.6. The molecule has 34 valence electrons. The monoisotopic (exact) mass is 179 g/mol. The Morgan fingerprint density at radius 2 is 1.00 bits per heavy atom. The van der Waals surface area contributed by atoms with Gasteiger partial charge in [-0.25, -0.2) is 0 Å². The Kier molecular flexibility index (Phi) is 596. The Hall–Kier alpha value is 1.70. The summed E-state index contributed by atoms with van der Waals surface area (Å²) in [6.45, 7) is 0. The Balaban J connectivity index is -0.000000000833. The van der Waals surface area contributed by atoms with E-state index in [1.807, 2.05) is 0 Å². The molecule has 0 fully saturated rings. The van der Waals surface area contributed by atoms with Crippen molar-refractivity contribution in [2.45, 2.75) is 0 Å². The molecule has 0 aliphatic carbocycles. The average Bonchev–Trinajstić information content (AvgIpc) is 1.00. The zero-order chi connectivity index (χ0) is 2.00. The van der Waals surface area contributed by atoms with Crippen molar-refractivity contribution in [2.24, 2.45) is 0 Å². The Morgan fingerprint density at radius 1 is 1.00 bits per heavy atom. The molecular weight excluding hydrogens is 180 g/mol. The van der Waals surface area contributed by atoms with Crippen LogP contribution in [0.2, 0.25) is 0 Å². The Labute approximate surface area is 81.2 Å². The van der Waals surface area contributed by atoms with Crippen LogP contribution in [0.5, 0.6) is 0 Å². The summed E-state index contributed by atoms with van der Waals surface area (Å²) in [6, 6.07) is 0. The van der Waals surface area contributed by atoms with E-state index in [0.29, 0.717) is 0 Å². The maximum atomic E-state index is 7.25.